The minimum Gasteiger partial charge on any atom is -0.352 e. The van der Waals surface area contributed by atoms with Crippen molar-refractivity contribution in [1.29, 1.82) is 0 Å². The van der Waals surface area contributed by atoms with Crippen molar-refractivity contribution in [2.24, 2.45) is 0 Å². The largest absolute Gasteiger partial charge is 0.352 e. The molecular formula is C23H28N2O. The summed E-state index contributed by atoms with van der Waals surface area (Å²) >= 11 is 0. The van der Waals surface area contributed by atoms with Crippen LogP contribution in [0.15, 0.2) is 54.6 Å². The predicted octanol–water partition coefficient (Wildman–Crippen LogP) is 4.23. The zero-order valence-electron chi connectivity index (χ0n) is 15.4. The van der Waals surface area contributed by atoms with Crippen molar-refractivity contribution in [3.63, 3.8) is 0 Å². The summed E-state index contributed by atoms with van der Waals surface area (Å²) in [6.45, 7) is 1.74. The lowest BCUT2D eigenvalue weighted by atomic mass is 9.90. The fourth-order valence-electron chi connectivity index (χ4n) is 4.44. The van der Waals surface area contributed by atoms with Gasteiger partial charge in [-0.25, -0.2) is 0 Å². The molecule has 1 aliphatic carbocycles. The first-order valence-electron chi connectivity index (χ1n) is 9.97. The van der Waals surface area contributed by atoms with E-state index in [1.165, 1.54) is 36.0 Å². The average molecular weight is 348 g/mol. The lowest BCUT2D eigenvalue weighted by Gasteiger charge is -2.37. The first-order valence-corrected chi connectivity index (χ1v) is 9.97. The van der Waals surface area contributed by atoms with E-state index >= 15 is 0 Å². The molecule has 1 unspecified atom stereocenters. The van der Waals surface area contributed by atoms with Crippen LogP contribution in [0.1, 0.15) is 54.8 Å². The van der Waals surface area contributed by atoms with Gasteiger partial charge < -0.3 is 5.32 Å². The van der Waals surface area contributed by atoms with Crippen LogP contribution >= 0.6 is 0 Å². The Kier molecular flexibility index (Phi) is 5.35. The van der Waals surface area contributed by atoms with Crippen LogP contribution in [0.25, 0.3) is 0 Å². The van der Waals surface area contributed by atoms with Gasteiger partial charge in [0.2, 0.25) is 5.91 Å². The first kappa shape index (κ1) is 17.3. The van der Waals surface area contributed by atoms with Gasteiger partial charge in [0.1, 0.15) is 6.04 Å². The number of fused-ring (bicyclic) bond motifs is 1. The van der Waals surface area contributed by atoms with E-state index in [0.717, 1.165) is 32.4 Å². The molecule has 1 aliphatic heterocycles. The number of amides is 1. The van der Waals surface area contributed by atoms with Crippen LogP contribution in [0.5, 0.6) is 0 Å². The van der Waals surface area contributed by atoms with Gasteiger partial charge in [0.15, 0.2) is 0 Å². The SMILES string of the molecule is O=C(NC1CCCCC1)C1c2ccccc2CCN1Cc1ccccc1. The molecule has 0 spiro atoms. The molecule has 2 aliphatic rings. The van der Waals surface area contributed by atoms with Crippen molar-refractivity contribution in [3.05, 3.63) is 71.3 Å². The number of nitrogens with zero attached hydrogens (tertiary/aromatic N) is 1. The van der Waals surface area contributed by atoms with Gasteiger partial charge in [-0.1, -0.05) is 73.9 Å². The zero-order valence-corrected chi connectivity index (χ0v) is 15.4. The van der Waals surface area contributed by atoms with E-state index in [2.05, 4.69) is 58.7 Å². The molecule has 1 heterocycles. The number of hydrogen-bond donors (Lipinski definition) is 1. The molecule has 4 rings (SSSR count). The second-order valence-corrected chi connectivity index (χ2v) is 7.65. The molecule has 0 radical (unpaired) electrons. The number of hydrogen-bond acceptors (Lipinski definition) is 2. The molecule has 0 saturated heterocycles. The summed E-state index contributed by atoms with van der Waals surface area (Å²) in [5.41, 5.74) is 3.77. The maximum Gasteiger partial charge on any atom is 0.242 e. The standard InChI is InChI=1S/C23H28N2O/c26-23(24-20-12-5-2-6-13-20)22-21-14-8-7-11-19(21)15-16-25(22)17-18-9-3-1-4-10-18/h1,3-4,7-11,14,20,22H,2,5-6,12-13,15-17H2,(H,24,26). The van der Waals surface area contributed by atoms with Gasteiger partial charge in [-0.15, -0.1) is 0 Å². The molecule has 1 saturated carbocycles. The second kappa shape index (κ2) is 8.05. The molecule has 1 atom stereocenters. The summed E-state index contributed by atoms with van der Waals surface area (Å²) in [4.78, 5) is 15.6. The fourth-order valence-corrected chi connectivity index (χ4v) is 4.44. The molecule has 2 aromatic carbocycles. The lowest BCUT2D eigenvalue weighted by Crippen LogP contribution is -2.47. The molecule has 0 aromatic heterocycles. The van der Waals surface area contributed by atoms with Gasteiger partial charge in [-0.2, -0.15) is 0 Å². The monoisotopic (exact) mass is 348 g/mol. The van der Waals surface area contributed by atoms with Crippen LogP contribution in [0.4, 0.5) is 0 Å². The maximum absolute atomic E-state index is 13.3. The third-order valence-corrected chi connectivity index (χ3v) is 5.81. The van der Waals surface area contributed by atoms with Crippen LogP contribution in [0.2, 0.25) is 0 Å². The van der Waals surface area contributed by atoms with E-state index in [0.29, 0.717) is 6.04 Å². The number of benzene rings is 2. The molecule has 26 heavy (non-hydrogen) atoms. The highest BCUT2D eigenvalue weighted by atomic mass is 16.2. The van der Waals surface area contributed by atoms with Crippen molar-refractivity contribution < 1.29 is 4.79 Å². The Morgan fingerprint density at radius 3 is 2.50 bits per heavy atom. The number of carbonyl (C=O) groups is 1. The second-order valence-electron chi connectivity index (χ2n) is 7.65. The van der Waals surface area contributed by atoms with Crippen LogP contribution in [-0.2, 0) is 17.8 Å². The molecule has 136 valence electrons. The van der Waals surface area contributed by atoms with E-state index in [9.17, 15) is 4.79 Å². The Labute approximate surface area is 156 Å². The van der Waals surface area contributed by atoms with Gasteiger partial charge in [0.25, 0.3) is 0 Å². The summed E-state index contributed by atoms with van der Waals surface area (Å²) in [6.07, 6.45) is 7.03. The Hall–Kier alpha value is -2.13. The molecule has 0 bridgehead atoms. The number of carbonyl (C=O) groups excluding carboxylic acids is 1. The van der Waals surface area contributed by atoms with Crippen molar-refractivity contribution in [2.45, 2.75) is 57.2 Å². The molecule has 3 nitrogen and oxygen atoms in total. The lowest BCUT2D eigenvalue weighted by molar-refractivity contribution is -0.128. The van der Waals surface area contributed by atoms with Crippen LogP contribution in [0, 0.1) is 0 Å². The third kappa shape index (κ3) is 3.83. The van der Waals surface area contributed by atoms with E-state index < -0.39 is 0 Å². The summed E-state index contributed by atoms with van der Waals surface area (Å²) in [5, 5.41) is 3.36. The van der Waals surface area contributed by atoms with E-state index in [1.807, 2.05) is 6.07 Å². The summed E-state index contributed by atoms with van der Waals surface area (Å²) < 4.78 is 0. The predicted molar refractivity (Wildman–Crippen MR) is 105 cm³/mol. The van der Waals surface area contributed by atoms with E-state index in [4.69, 9.17) is 0 Å². The molecule has 2 aromatic rings. The van der Waals surface area contributed by atoms with Crippen LogP contribution in [0.3, 0.4) is 0 Å². The van der Waals surface area contributed by atoms with E-state index in [-0.39, 0.29) is 11.9 Å². The zero-order chi connectivity index (χ0) is 17.8. The molecule has 1 amide bonds. The topological polar surface area (TPSA) is 32.3 Å². The Morgan fingerprint density at radius 1 is 0.962 bits per heavy atom. The fraction of sp³-hybridized carbons (Fsp3) is 0.435. The smallest absolute Gasteiger partial charge is 0.242 e. The first-order chi connectivity index (χ1) is 12.8. The van der Waals surface area contributed by atoms with Crippen molar-refractivity contribution in [2.75, 3.05) is 6.54 Å². The number of rotatable bonds is 4. The van der Waals surface area contributed by atoms with Crippen molar-refractivity contribution >= 4 is 5.91 Å². The van der Waals surface area contributed by atoms with Gasteiger partial charge in [0.05, 0.1) is 0 Å². The molecule has 3 heteroatoms. The summed E-state index contributed by atoms with van der Waals surface area (Å²) in [7, 11) is 0. The van der Waals surface area contributed by atoms with Gasteiger partial charge in [-0.3, -0.25) is 9.69 Å². The van der Waals surface area contributed by atoms with Crippen molar-refractivity contribution in [1.82, 2.24) is 10.2 Å². The molecular weight excluding hydrogens is 320 g/mol. The Balaban J connectivity index is 1.57. The van der Waals surface area contributed by atoms with Gasteiger partial charge in [0, 0.05) is 19.1 Å². The van der Waals surface area contributed by atoms with Crippen molar-refractivity contribution in [3.8, 4) is 0 Å². The molecule has 1 N–H and O–H groups in total. The normalized spacial score (nSPS) is 21.2. The summed E-state index contributed by atoms with van der Waals surface area (Å²) in [6, 6.07) is 19.1. The number of nitrogens with one attached hydrogen (secondary N) is 1. The van der Waals surface area contributed by atoms with Crippen LogP contribution < -0.4 is 5.32 Å². The highest BCUT2D eigenvalue weighted by Crippen LogP contribution is 2.31. The quantitative estimate of drug-likeness (QED) is 0.896. The Morgan fingerprint density at radius 2 is 1.69 bits per heavy atom. The summed E-state index contributed by atoms with van der Waals surface area (Å²) in [5.74, 6) is 0.181. The Bertz CT molecular complexity index is 737. The molecule has 1 fully saturated rings. The minimum absolute atomic E-state index is 0.179. The minimum atomic E-state index is -0.179. The highest BCUT2D eigenvalue weighted by Gasteiger charge is 2.33. The third-order valence-electron chi connectivity index (χ3n) is 5.81. The van der Waals surface area contributed by atoms with Crippen LogP contribution in [-0.4, -0.2) is 23.4 Å². The van der Waals surface area contributed by atoms with Gasteiger partial charge >= 0.3 is 0 Å². The highest BCUT2D eigenvalue weighted by molar-refractivity contribution is 5.84. The van der Waals surface area contributed by atoms with E-state index in [1.54, 1.807) is 0 Å². The van der Waals surface area contributed by atoms with Gasteiger partial charge in [-0.05, 0) is 36.0 Å². The average Bonchev–Trinajstić information content (AvgIpc) is 2.69. The maximum atomic E-state index is 13.3.